The summed E-state index contributed by atoms with van der Waals surface area (Å²) in [5.74, 6) is 1.47. The van der Waals surface area contributed by atoms with Crippen molar-refractivity contribution in [3.8, 4) is 0 Å². The Morgan fingerprint density at radius 2 is 2.26 bits per heavy atom. The third-order valence-electron chi connectivity index (χ3n) is 3.97. The van der Waals surface area contributed by atoms with Gasteiger partial charge in [0.1, 0.15) is 18.3 Å². The van der Waals surface area contributed by atoms with E-state index in [4.69, 9.17) is 9.15 Å². The summed E-state index contributed by atoms with van der Waals surface area (Å²) in [5.41, 5.74) is 1.40. The lowest BCUT2D eigenvalue weighted by Gasteiger charge is -2.13. The van der Waals surface area contributed by atoms with Crippen LogP contribution in [0.5, 0.6) is 0 Å². The first-order valence-corrected chi connectivity index (χ1v) is 7.55. The molecule has 0 spiro atoms. The van der Waals surface area contributed by atoms with Gasteiger partial charge in [0, 0.05) is 0 Å². The highest BCUT2D eigenvalue weighted by Crippen LogP contribution is 2.31. The van der Waals surface area contributed by atoms with E-state index in [2.05, 4.69) is 20.3 Å². The average molecular weight is 315 g/mol. The third kappa shape index (κ3) is 2.66. The summed E-state index contributed by atoms with van der Waals surface area (Å²) in [6.07, 6.45) is 6.24. The molecule has 0 bridgehead atoms. The Kier molecular flexibility index (Phi) is 3.68. The second-order valence-corrected chi connectivity index (χ2v) is 5.45. The van der Waals surface area contributed by atoms with E-state index in [9.17, 15) is 5.11 Å². The van der Waals surface area contributed by atoms with Crippen LogP contribution < -0.4 is 5.32 Å². The molecule has 3 aromatic heterocycles. The zero-order valence-corrected chi connectivity index (χ0v) is 12.4. The highest BCUT2D eigenvalue weighted by atomic mass is 16.5. The zero-order valence-electron chi connectivity index (χ0n) is 12.4. The van der Waals surface area contributed by atoms with E-state index in [1.54, 1.807) is 12.6 Å². The van der Waals surface area contributed by atoms with Crippen molar-refractivity contribution < 1.29 is 14.3 Å². The van der Waals surface area contributed by atoms with E-state index < -0.39 is 0 Å². The Bertz CT molecular complexity index is 786. The monoisotopic (exact) mass is 315 g/mol. The van der Waals surface area contributed by atoms with Gasteiger partial charge in [-0.05, 0) is 25.0 Å². The second kappa shape index (κ2) is 5.98. The Labute approximate surface area is 132 Å². The molecule has 1 aliphatic rings. The van der Waals surface area contributed by atoms with Gasteiger partial charge in [0.2, 0.25) is 0 Å². The summed E-state index contributed by atoms with van der Waals surface area (Å²) < 4.78 is 13.0. The number of nitrogens with zero attached hydrogens (tertiary/aromatic N) is 4. The number of imidazole rings is 1. The van der Waals surface area contributed by atoms with Crippen LogP contribution in [0.2, 0.25) is 0 Å². The number of anilines is 1. The van der Waals surface area contributed by atoms with Gasteiger partial charge in [-0.25, -0.2) is 15.0 Å². The zero-order chi connectivity index (χ0) is 15.6. The molecule has 1 aliphatic heterocycles. The van der Waals surface area contributed by atoms with Crippen LogP contribution in [0.1, 0.15) is 24.8 Å². The molecule has 2 atom stereocenters. The van der Waals surface area contributed by atoms with Gasteiger partial charge in [0.15, 0.2) is 17.0 Å². The van der Waals surface area contributed by atoms with E-state index >= 15 is 0 Å². The maximum atomic E-state index is 9.20. The molecule has 3 aromatic rings. The fraction of sp³-hybridized carbons (Fsp3) is 0.400. The number of aliphatic hydroxyl groups excluding tert-OH is 1. The summed E-state index contributed by atoms with van der Waals surface area (Å²) in [6, 6.07) is 3.74. The number of fused-ring (bicyclic) bond motifs is 1. The van der Waals surface area contributed by atoms with Crippen molar-refractivity contribution in [3.63, 3.8) is 0 Å². The SMILES string of the molecule is OC[C@@H]1CC[C@H](n2cnc3c(NCc4ccco4)ncnc32)O1. The van der Waals surface area contributed by atoms with E-state index in [-0.39, 0.29) is 18.9 Å². The minimum absolute atomic E-state index is 0.0358. The number of ether oxygens (including phenoxy) is 1. The molecule has 0 amide bonds. The first-order valence-electron chi connectivity index (χ1n) is 7.55. The molecule has 0 saturated carbocycles. The lowest BCUT2D eigenvalue weighted by molar-refractivity contribution is -0.0207. The summed E-state index contributed by atoms with van der Waals surface area (Å²) in [4.78, 5) is 13.0. The van der Waals surface area contributed by atoms with E-state index in [0.29, 0.717) is 23.5 Å². The van der Waals surface area contributed by atoms with Crippen molar-refractivity contribution in [2.75, 3.05) is 11.9 Å². The highest BCUT2D eigenvalue weighted by molar-refractivity contribution is 5.82. The first-order chi connectivity index (χ1) is 11.3. The number of aromatic nitrogens is 4. The first kappa shape index (κ1) is 14.2. The summed E-state index contributed by atoms with van der Waals surface area (Å²) in [5, 5.41) is 12.4. The summed E-state index contributed by atoms with van der Waals surface area (Å²) in [7, 11) is 0. The van der Waals surface area contributed by atoms with Crippen LogP contribution in [-0.4, -0.2) is 37.3 Å². The third-order valence-corrected chi connectivity index (χ3v) is 3.97. The van der Waals surface area contributed by atoms with Crippen molar-refractivity contribution in [2.24, 2.45) is 0 Å². The molecule has 0 aromatic carbocycles. The Morgan fingerprint density at radius 3 is 3.04 bits per heavy atom. The number of rotatable bonds is 5. The van der Waals surface area contributed by atoms with Crippen molar-refractivity contribution in [1.82, 2.24) is 19.5 Å². The number of hydrogen-bond donors (Lipinski definition) is 2. The Hall–Kier alpha value is -2.45. The van der Waals surface area contributed by atoms with Gasteiger partial charge in [0.05, 0.1) is 31.8 Å². The van der Waals surface area contributed by atoms with Gasteiger partial charge in [0.25, 0.3) is 0 Å². The van der Waals surface area contributed by atoms with Crippen molar-refractivity contribution in [2.45, 2.75) is 31.7 Å². The molecule has 4 rings (SSSR count). The molecule has 8 heteroatoms. The fourth-order valence-electron chi connectivity index (χ4n) is 2.80. The molecule has 4 heterocycles. The molecule has 8 nitrogen and oxygen atoms in total. The van der Waals surface area contributed by atoms with Gasteiger partial charge < -0.3 is 19.6 Å². The molecule has 120 valence electrons. The molecule has 0 aliphatic carbocycles. The Balaban J connectivity index is 1.59. The minimum Gasteiger partial charge on any atom is -0.467 e. The predicted octanol–water partition coefficient (Wildman–Crippen LogP) is 1.70. The predicted molar refractivity (Wildman–Crippen MR) is 81.6 cm³/mol. The van der Waals surface area contributed by atoms with Crippen LogP contribution >= 0.6 is 0 Å². The molecular formula is C15H17N5O3. The largest absolute Gasteiger partial charge is 0.467 e. The van der Waals surface area contributed by atoms with Crippen LogP contribution in [0.25, 0.3) is 11.2 Å². The minimum atomic E-state index is -0.148. The molecule has 1 fully saturated rings. The lowest BCUT2D eigenvalue weighted by atomic mass is 10.2. The number of nitrogens with one attached hydrogen (secondary N) is 1. The van der Waals surface area contributed by atoms with Gasteiger partial charge in [-0.1, -0.05) is 0 Å². The number of aliphatic hydroxyl groups is 1. The Morgan fingerprint density at radius 1 is 1.30 bits per heavy atom. The molecule has 0 radical (unpaired) electrons. The average Bonchev–Trinajstić information content (AvgIpc) is 3.31. The maximum Gasteiger partial charge on any atom is 0.167 e. The summed E-state index contributed by atoms with van der Waals surface area (Å²) >= 11 is 0. The van der Waals surface area contributed by atoms with E-state index in [0.717, 1.165) is 18.6 Å². The molecule has 2 N–H and O–H groups in total. The normalized spacial score (nSPS) is 21.1. The maximum absolute atomic E-state index is 9.20. The van der Waals surface area contributed by atoms with Gasteiger partial charge in [-0.15, -0.1) is 0 Å². The number of hydrogen-bond acceptors (Lipinski definition) is 7. The highest BCUT2D eigenvalue weighted by Gasteiger charge is 2.27. The van der Waals surface area contributed by atoms with Crippen LogP contribution in [0.3, 0.4) is 0 Å². The molecule has 0 unspecified atom stereocenters. The molecule has 23 heavy (non-hydrogen) atoms. The van der Waals surface area contributed by atoms with Crippen LogP contribution in [0, 0.1) is 0 Å². The van der Waals surface area contributed by atoms with Crippen LogP contribution in [-0.2, 0) is 11.3 Å². The van der Waals surface area contributed by atoms with Crippen LogP contribution in [0.4, 0.5) is 5.82 Å². The van der Waals surface area contributed by atoms with Crippen molar-refractivity contribution in [3.05, 3.63) is 36.8 Å². The molecule has 1 saturated heterocycles. The smallest absolute Gasteiger partial charge is 0.167 e. The van der Waals surface area contributed by atoms with E-state index in [1.807, 2.05) is 16.7 Å². The second-order valence-electron chi connectivity index (χ2n) is 5.45. The van der Waals surface area contributed by atoms with Gasteiger partial charge in [-0.2, -0.15) is 0 Å². The van der Waals surface area contributed by atoms with Gasteiger partial charge >= 0.3 is 0 Å². The molecular weight excluding hydrogens is 298 g/mol. The van der Waals surface area contributed by atoms with E-state index in [1.165, 1.54) is 6.33 Å². The van der Waals surface area contributed by atoms with Gasteiger partial charge in [-0.3, -0.25) is 4.57 Å². The van der Waals surface area contributed by atoms with Crippen molar-refractivity contribution >= 4 is 17.0 Å². The topological polar surface area (TPSA) is 98.2 Å². The number of furan rings is 1. The van der Waals surface area contributed by atoms with Crippen molar-refractivity contribution in [1.29, 1.82) is 0 Å². The quantitative estimate of drug-likeness (QED) is 0.739. The standard InChI is InChI=1S/C15H17N5O3/c21-7-11-3-4-12(23-11)20-9-19-13-14(17-8-18-15(13)20)16-6-10-2-1-5-22-10/h1-2,5,8-9,11-12,21H,3-4,6-7H2,(H,16,17,18)/t11-,12+/m0/s1. The summed E-state index contributed by atoms with van der Waals surface area (Å²) in [6.45, 7) is 0.562. The lowest BCUT2D eigenvalue weighted by Crippen LogP contribution is -2.14. The fourth-order valence-corrected chi connectivity index (χ4v) is 2.80. The van der Waals surface area contributed by atoms with Crippen LogP contribution in [0.15, 0.2) is 35.5 Å².